The van der Waals surface area contributed by atoms with Crippen LogP contribution in [-0.2, 0) is 0 Å². The van der Waals surface area contributed by atoms with Crippen molar-refractivity contribution in [1.29, 1.82) is 0 Å². The van der Waals surface area contributed by atoms with E-state index in [0.717, 1.165) is 11.1 Å². The fourth-order valence-corrected chi connectivity index (χ4v) is 2.33. The molecule has 1 heterocycles. The van der Waals surface area contributed by atoms with Crippen molar-refractivity contribution in [2.24, 2.45) is 5.73 Å². The molecule has 0 aliphatic rings. The molecule has 0 amide bonds. The normalized spacial score (nSPS) is 12.0. The second kappa shape index (κ2) is 6.50. The van der Waals surface area contributed by atoms with Gasteiger partial charge in [0.05, 0.1) is 20.3 Å². The fraction of sp³-hybridized carbons (Fsp3) is 0.176. The molecule has 1 atom stereocenters. The summed E-state index contributed by atoms with van der Waals surface area (Å²) in [5.41, 5.74) is 8.09. The minimum Gasteiger partial charge on any atom is -0.493 e. The highest BCUT2D eigenvalue weighted by Crippen LogP contribution is 2.30. The predicted molar refractivity (Wildman–Crippen MR) is 87.4 cm³/mol. The molecule has 3 aromatic rings. The third-order valence-corrected chi connectivity index (χ3v) is 3.60. The van der Waals surface area contributed by atoms with Crippen LogP contribution in [0.5, 0.6) is 11.5 Å². The number of hydrogen-bond acceptors (Lipinski definition) is 5. The van der Waals surface area contributed by atoms with Gasteiger partial charge < -0.3 is 15.2 Å². The molecule has 0 saturated heterocycles. The maximum atomic E-state index is 6.29. The first-order valence-corrected chi connectivity index (χ1v) is 7.18. The van der Waals surface area contributed by atoms with Crippen molar-refractivity contribution in [3.63, 3.8) is 0 Å². The number of hydrogen-bond donors (Lipinski definition) is 2. The lowest BCUT2D eigenvalue weighted by Gasteiger charge is -2.12. The molecule has 6 heteroatoms. The van der Waals surface area contributed by atoms with E-state index in [1.54, 1.807) is 14.2 Å². The summed E-state index contributed by atoms with van der Waals surface area (Å²) < 4.78 is 10.5. The Labute approximate surface area is 134 Å². The maximum Gasteiger partial charge on any atom is 0.181 e. The van der Waals surface area contributed by atoms with Gasteiger partial charge >= 0.3 is 0 Å². The highest BCUT2D eigenvalue weighted by atomic mass is 16.5. The Bertz CT molecular complexity index is 786. The van der Waals surface area contributed by atoms with Gasteiger partial charge in [0.15, 0.2) is 17.3 Å². The predicted octanol–water partition coefficient (Wildman–Crippen LogP) is 2.54. The van der Waals surface area contributed by atoms with Crippen LogP contribution < -0.4 is 15.2 Å². The summed E-state index contributed by atoms with van der Waals surface area (Å²) in [6.45, 7) is 0. The molecular weight excluding hydrogens is 292 g/mol. The molecule has 0 radical (unpaired) electrons. The zero-order chi connectivity index (χ0) is 16.2. The van der Waals surface area contributed by atoms with Gasteiger partial charge in [-0.3, -0.25) is 5.10 Å². The zero-order valence-corrected chi connectivity index (χ0v) is 13.0. The second-order valence-electron chi connectivity index (χ2n) is 5.00. The summed E-state index contributed by atoms with van der Waals surface area (Å²) in [4.78, 5) is 4.49. The molecule has 23 heavy (non-hydrogen) atoms. The van der Waals surface area contributed by atoms with Gasteiger partial charge in [-0.15, -0.1) is 0 Å². The van der Waals surface area contributed by atoms with Gasteiger partial charge in [0.2, 0.25) is 0 Å². The number of benzene rings is 2. The van der Waals surface area contributed by atoms with Crippen LogP contribution in [0.3, 0.4) is 0 Å². The van der Waals surface area contributed by atoms with Crippen molar-refractivity contribution in [1.82, 2.24) is 15.2 Å². The van der Waals surface area contributed by atoms with Crippen LogP contribution >= 0.6 is 0 Å². The van der Waals surface area contributed by atoms with Crippen LogP contribution in [0, 0.1) is 0 Å². The molecule has 1 unspecified atom stereocenters. The quantitative estimate of drug-likeness (QED) is 0.756. The van der Waals surface area contributed by atoms with E-state index in [9.17, 15) is 0 Å². The Hall–Kier alpha value is -2.86. The largest absolute Gasteiger partial charge is 0.493 e. The molecule has 6 nitrogen and oxygen atoms in total. The Balaban J connectivity index is 1.89. The molecule has 0 bridgehead atoms. The van der Waals surface area contributed by atoms with Crippen LogP contribution in [0.2, 0.25) is 0 Å². The fourth-order valence-electron chi connectivity index (χ4n) is 2.33. The lowest BCUT2D eigenvalue weighted by molar-refractivity contribution is 0.354. The molecule has 0 aliphatic heterocycles. The maximum absolute atomic E-state index is 6.29. The van der Waals surface area contributed by atoms with E-state index in [1.165, 1.54) is 0 Å². The summed E-state index contributed by atoms with van der Waals surface area (Å²) in [6, 6.07) is 14.9. The molecule has 3 N–H and O–H groups in total. The van der Waals surface area contributed by atoms with Crippen molar-refractivity contribution in [2.75, 3.05) is 14.2 Å². The van der Waals surface area contributed by atoms with Gasteiger partial charge in [0, 0.05) is 5.56 Å². The third-order valence-electron chi connectivity index (χ3n) is 3.60. The molecule has 0 saturated carbocycles. The summed E-state index contributed by atoms with van der Waals surface area (Å²) in [5.74, 6) is 2.50. The summed E-state index contributed by atoms with van der Waals surface area (Å²) >= 11 is 0. The number of nitrogens with two attached hydrogens (primary N) is 1. The van der Waals surface area contributed by atoms with Crippen molar-refractivity contribution >= 4 is 0 Å². The van der Waals surface area contributed by atoms with E-state index in [0.29, 0.717) is 23.1 Å². The van der Waals surface area contributed by atoms with Crippen molar-refractivity contribution in [3.8, 4) is 22.9 Å². The highest BCUT2D eigenvalue weighted by molar-refractivity contribution is 5.54. The zero-order valence-electron chi connectivity index (χ0n) is 13.0. The lowest BCUT2D eigenvalue weighted by atomic mass is 10.1. The topological polar surface area (TPSA) is 86.0 Å². The van der Waals surface area contributed by atoms with Gasteiger partial charge in [-0.25, -0.2) is 4.98 Å². The van der Waals surface area contributed by atoms with Crippen molar-refractivity contribution in [3.05, 3.63) is 59.9 Å². The summed E-state index contributed by atoms with van der Waals surface area (Å²) in [6.07, 6.45) is 0. The molecule has 118 valence electrons. The second-order valence-corrected chi connectivity index (χ2v) is 5.00. The van der Waals surface area contributed by atoms with E-state index in [4.69, 9.17) is 15.2 Å². The number of aromatic nitrogens is 3. The first kappa shape index (κ1) is 15.1. The van der Waals surface area contributed by atoms with Crippen LogP contribution in [0.15, 0.2) is 48.5 Å². The van der Waals surface area contributed by atoms with Gasteiger partial charge in [-0.1, -0.05) is 36.4 Å². The van der Waals surface area contributed by atoms with E-state index in [2.05, 4.69) is 15.2 Å². The number of nitrogens with zero attached hydrogens (tertiary/aromatic N) is 2. The minimum atomic E-state index is -0.431. The number of nitrogens with one attached hydrogen (secondary N) is 1. The Morgan fingerprint density at radius 2 is 1.74 bits per heavy atom. The number of rotatable bonds is 5. The SMILES string of the molecule is COc1ccc(C(N)c2nc(-c3ccccc3)n[nH]2)cc1OC. The average molecular weight is 310 g/mol. The minimum absolute atomic E-state index is 0.431. The van der Waals surface area contributed by atoms with E-state index in [-0.39, 0.29) is 0 Å². The Morgan fingerprint density at radius 1 is 1.00 bits per heavy atom. The molecule has 3 rings (SSSR count). The smallest absolute Gasteiger partial charge is 0.181 e. The number of H-pyrrole nitrogens is 1. The van der Waals surface area contributed by atoms with Crippen molar-refractivity contribution in [2.45, 2.75) is 6.04 Å². The van der Waals surface area contributed by atoms with E-state index < -0.39 is 6.04 Å². The van der Waals surface area contributed by atoms with Gasteiger partial charge in [0.1, 0.15) is 5.82 Å². The summed E-state index contributed by atoms with van der Waals surface area (Å²) in [5, 5.41) is 7.15. The molecule has 0 aliphatic carbocycles. The molecule has 2 aromatic carbocycles. The van der Waals surface area contributed by atoms with Crippen LogP contribution in [0.1, 0.15) is 17.4 Å². The van der Waals surface area contributed by atoms with E-state index in [1.807, 2.05) is 48.5 Å². The average Bonchev–Trinajstić information content (AvgIpc) is 3.11. The Kier molecular flexibility index (Phi) is 4.25. The molecule has 0 spiro atoms. The molecule has 0 fully saturated rings. The van der Waals surface area contributed by atoms with Gasteiger partial charge in [-0.2, -0.15) is 5.10 Å². The lowest BCUT2D eigenvalue weighted by Crippen LogP contribution is -2.14. The van der Waals surface area contributed by atoms with E-state index >= 15 is 0 Å². The first-order chi connectivity index (χ1) is 11.2. The number of aromatic amines is 1. The third kappa shape index (κ3) is 3.02. The number of methoxy groups -OCH3 is 2. The molecule has 1 aromatic heterocycles. The molecular formula is C17H18N4O2. The van der Waals surface area contributed by atoms with Crippen LogP contribution in [0.4, 0.5) is 0 Å². The number of ether oxygens (including phenoxy) is 2. The van der Waals surface area contributed by atoms with Gasteiger partial charge in [0.25, 0.3) is 0 Å². The van der Waals surface area contributed by atoms with Crippen LogP contribution in [-0.4, -0.2) is 29.4 Å². The monoisotopic (exact) mass is 310 g/mol. The van der Waals surface area contributed by atoms with Crippen LogP contribution in [0.25, 0.3) is 11.4 Å². The van der Waals surface area contributed by atoms with Crippen molar-refractivity contribution < 1.29 is 9.47 Å². The Morgan fingerprint density at radius 3 is 2.43 bits per heavy atom. The summed E-state index contributed by atoms with van der Waals surface area (Å²) in [7, 11) is 3.19. The standard InChI is InChI=1S/C17H18N4O2/c1-22-13-9-8-12(10-14(13)23-2)15(18)17-19-16(20-21-17)11-6-4-3-5-7-11/h3-10,15H,18H2,1-2H3,(H,19,20,21). The van der Waals surface area contributed by atoms with Gasteiger partial charge in [-0.05, 0) is 17.7 Å². The first-order valence-electron chi connectivity index (χ1n) is 7.18. The highest BCUT2D eigenvalue weighted by Gasteiger charge is 2.16.